The van der Waals surface area contributed by atoms with Crippen molar-refractivity contribution in [2.75, 3.05) is 5.32 Å². The molecule has 0 aliphatic rings. The molecule has 0 saturated carbocycles. The number of aromatic hydroxyl groups is 1. The van der Waals surface area contributed by atoms with Gasteiger partial charge < -0.3 is 0 Å². The van der Waals surface area contributed by atoms with E-state index in [0.717, 1.165) is 6.92 Å². The third-order valence-electron chi connectivity index (χ3n) is 2.43. The zero-order chi connectivity index (χ0) is 18.4. The first-order valence-corrected chi connectivity index (χ1v) is 15.6. The molecule has 0 saturated heterocycles. The zero-order valence-corrected chi connectivity index (χ0v) is 16.8. The molecule has 0 radical (unpaired) electrons. The molecule has 0 aromatic heterocycles. The third kappa shape index (κ3) is 4.66. The summed E-state index contributed by atoms with van der Waals surface area (Å²) in [6.07, 6.45) is 0. The number of carbonyl (C=O) groups excluding carboxylic acids is 1. The Morgan fingerprint density at radius 2 is 1.35 bits per heavy atom. The van der Waals surface area contributed by atoms with Crippen LogP contribution in [0.25, 0.3) is 0 Å². The summed E-state index contributed by atoms with van der Waals surface area (Å²) in [4.78, 5) is 11.1. The molecule has 0 aliphatic heterocycles. The van der Waals surface area contributed by atoms with Gasteiger partial charge in [0.1, 0.15) is 0 Å². The quantitative estimate of drug-likeness (QED) is 0.174. The van der Waals surface area contributed by atoms with Gasteiger partial charge in [-0.05, 0) is 0 Å². The van der Waals surface area contributed by atoms with Crippen molar-refractivity contribution in [2.45, 2.75) is 6.92 Å². The minimum atomic E-state index is -6.20. The topological polar surface area (TPSA) is 222 Å². The van der Waals surface area contributed by atoms with Crippen molar-refractivity contribution < 1.29 is 45.7 Å². The number of rotatable bonds is 4. The van der Waals surface area contributed by atoms with Crippen molar-refractivity contribution in [1.29, 1.82) is 0 Å². The summed E-state index contributed by atoms with van der Waals surface area (Å²) in [6, 6.07) is 0.354. The minimum absolute atomic E-state index is 0.354. The number of nitrogens with one attached hydrogen (secondary N) is 1. The molecule has 1 aromatic rings. The second-order valence-corrected chi connectivity index (χ2v) is 14.0. The van der Waals surface area contributed by atoms with Gasteiger partial charge in [-0.25, -0.2) is 0 Å². The molecule has 0 spiro atoms. The summed E-state index contributed by atoms with van der Waals surface area (Å²) in [6.45, 7) is 0.913. The van der Waals surface area contributed by atoms with Gasteiger partial charge in [0.25, 0.3) is 0 Å². The summed E-state index contributed by atoms with van der Waals surface area (Å²) in [5, 5.41) is 11.7. The fourth-order valence-corrected chi connectivity index (χ4v) is 9.70. The van der Waals surface area contributed by atoms with Crippen molar-refractivity contribution in [3.63, 3.8) is 0 Å². The van der Waals surface area contributed by atoms with Gasteiger partial charge in [0.05, 0.1) is 0 Å². The Morgan fingerprint density at radius 3 is 1.65 bits per heavy atom. The van der Waals surface area contributed by atoms with Crippen LogP contribution in [-0.4, -0.2) is 78.1 Å². The molecule has 0 heterocycles. The predicted molar refractivity (Wildman–Crippen MR) is 73.9 cm³/mol. The molecule has 1 amide bonds. The normalized spacial score (nSPS) is 13.0. The van der Waals surface area contributed by atoms with Crippen LogP contribution in [0.2, 0.25) is 0 Å². The molecule has 0 fully saturated rings. The van der Waals surface area contributed by atoms with Crippen LogP contribution in [0.1, 0.15) is 6.92 Å². The van der Waals surface area contributed by atoms with Crippen LogP contribution in [-0.2, 0) is 16.0 Å². The SMILES string of the molecule is CC(=O)Nc1cc([As](=O)(O)O)c([As](=O)(O)O)c(O)c1[As](=O)(O)O. The average Bonchev–Trinajstić information content (AvgIpc) is 2.21. The van der Waals surface area contributed by atoms with E-state index in [-0.39, 0.29) is 0 Å². The van der Waals surface area contributed by atoms with Crippen LogP contribution >= 0.6 is 0 Å². The Labute approximate surface area is 136 Å². The van der Waals surface area contributed by atoms with Gasteiger partial charge in [0.2, 0.25) is 0 Å². The molecule has 8 N–H and O–H groups in total. The van der Waals surface area contributed by atoms with Gasteiger partial charge in [0.15, 0.2) is 0 Å². The van der Waals surface area contributed by atoms with Crippen molar-refractivity contribution in [3.05, 3.63) is 6.07 Å². The Bertz CT molecular complexity index is 800. The van der Waals surface area contributed by atoms with Crippen LogP contribution in [0.15, 0.2) is 6.07 Å². The van der Waals surface area contributed by atoms with Crippen molar-refractivity contribution in [1.82, 2.24) is 0 Å². The van der Waals surface area contributed by atoms with E-state index in [1.54, 1.807) is 0 Å². The molecule has 0 aliphatic carbocycles. The fraction of sp³-hybridized carbons (Fsp3) is 0.125. The van der Waals surface area contributed by atoms with E-state index in [0.29, 0.717) is 6.07 Å². The fourth-order valence-electron chi connectivity index (χ4n) is 1.72. The standard InChI is InChI=1S/C8H12As3NO11/c1-3(13)12-5-2-4(9(15,16)17)6(10(18,19)20)8(14)7(5)11(21,22)23/h2,14H,1H3,(H,12,13)(H2,15,16,17)(H2,18,19,20)(H2,21,22,23). The van der Waals surface area contributed by atoms with E-state index in [4.69, 9.17) is 0 Å². The number of phenols is 1. The first-order valence-electron chi connectivity index (χ1n) is 5.42. The van der Waals surface area contributed by atoms with Gasteiger partial charge in [-0.15, -0.1) is 0 Å². The summed E-state index contributed by atoms with van der Waals surface area (Å²) in [7, 11) is 0. The van der Waals surface area contributed by atoms with Crippen LogP contribution in [0, 0.1) is 0 Å². The van der Waals surface area contributed by atoms with Crippen LogP contribution in [0.3, 0.4) is 0 Å². The summed E-state index contributed by atoms with van der Waals surface area (Å²) in [5.41, 5.74) is -0.838. The molecule has 12 nitrogen and oxygen atoms in total. The first-order chi connectivity index (χ1) is 10.1. The number of anilines is 1. The second-order valence-electron chi connectivity index (χ2n) is 4.30. The number of carbonyl (C=O) groups is 1. The van der Waals surface area contributed by atoms with E-state index >= 15 is 0 Å². The van der Waals surface area contributed by atoms with Gasteiger partial charge in [-0.2, -0.15) is 0 Å². The molecule has 1 aromatic carbocycles. The first kappa shape index (κ1) is 20.4. The Morgan fingerprint density at radius 1 is 0.913 bits per heavy atom. The molecular formula is C8H12As3NO11. The maximum absolute atomic E-state index is 11.5. The summed E-state index contributed by atoms with van der Waals surface area (Å²) >= 11 is -18.3. The van der Waals surface area contributed by atoms with Crippen LogP contribution < -0.4 is 18.4 Å². The van der Waals surface area contributed by atoms with Crippen molar-refractivity contribution >= 4 is 67.2 Å². The number of hydrogen-bond donors (Lipinski definition) is 8. The molecule has 0 unspecified atom stereocenters. The molecule has 0 bridgehead atoms. The van der Waals surface area contributed by atoms with Crippen molar-refractivity contribution in [2.24, 2.45) is 0 Å². The molecule has 15 heteroatoms. The zero-order valence-electron chi connectivity index (χ0n) is 11.2. The molecular weight excluding hydrogens is 511 g/mol. The van der Waals surface area contributed by atoms with Crippen LogP contribution in [0.4, 0.5) is 5.69 Å². The van der Waals surface area contributed by atoms with Gasteiger partial charge >= 0.3 is 137 Å². The van der Waals surface area contributed by atoms with E-state index in [1.807, 2.05) is 5.32 Å². The number of amides is 1. The van der Waals surface area contributed by atoms with Gasteiger partial charge in [-0.1, -0.05) is 0 Å². The molecule has 0 atom stereocenters. The monoisotopic (exact) mass is 523 g/mol. The number of phenolic OH excluding ortho intramolecular Hbond substituents is 1. The number of hydrogen-bond acceptors (Lipinski definition) is 5. The Kier molecular flexibility index (Phi) is 5.60. The summed E-state index contributed by atoms with van der Waals surface area (Å²) < 4.78 is 85.8. The maximum atomic E-state index is 11.5. The summed E-state index contributed by atoms with van der Waals surface area (Å²) in [5.74, 6) is -2.54. The predicted octanol–water partition coefficient (Wildman–Crippen LogP) is -5.97. The van der Waals surface area contributed by atoms with Gasteiger partial charge in [0, 0.05) is 0 Å². The Hall–Kier alpha value is -0.675. The van der Waals surface area contributed by atoms with E-state index in [2.05, 4.69) is 0 Å². The van der Waals surface area contributed by atoms with E-state index < -0.39 is 72.9 Å². The molecule has 1 rings (SSSR count). The van der Waals surface area contributed by atoms with Crippen molar-refractivity contribution in [3.8, 4) is 5.75 Å². The second kappa shape index (κ2) is 6.32. The third-order valence-corrected chi connectivity index (χ3v) is 9.67. The van der Waals surface area contributed by atoms with E-state index in [9.17, 15) is 45.7 Å². The Balaban J connectivity index is 4.08. The number of benzene rings is 1. The van der Waals surface area contributed by atoms with E-state index in [1.165, 1.54) is 0 Å². The molecule has 23 heavy (non-hydrogen) atoms. The molecule has 130 valence electrons. The average molecular weight is 523 g/mol. The van der Waals surface area contributed by atoms with Gasteiger partial charge in [-0.3, -0.25) is 0 Å². The van der Waals surface area contributed by atoms with Crippen LogP contribution in [0.5, 0.6) is 5.75 Å².